The first-order valence-corrected chi connectivity index (χ1v) is 5.38. The average Bonchev–Trinajstić information content (AvgIpc) is 2.28. The molecule has 17 heavy (non-hydrogen) atoms. The summed E-state index contributed by atoms with van der Waals surface area (Å²) < 4.78 is 4.69. The first kappa shape index (κ1) is 13.4. The Morgan fingerprint density at radius 1 is 1.18 bits per heavy atom. The lowest BCUT2D eigenvalue weighted by atomic mass is 9.97. The molecular formula is C13H17NO3. The van der Waals surface area contributed by atoms with E-state index in [1.165, 1.54) is 7.11 Å². The Balaban J connectivity index is 3.23. The van der Waals surface area contributed by atoms with Crippen LogP contribution in [0.5, 0.6) is 0 Å². The highest BCUT2D eigenvalue weighted by Crippen LogP contribution is 2.17. The van der Waals surface area contributed by atoms with E-state index in [2.05, 4.69) is 10.1 Å². The fourth-order valence-electron chi connectivity index (χ4n) is 1.74. The molecule has 1 rings (SSSR count). The van der Waals surface area contributed by atoms with Crippen LogP contribution in [0.1, 0.15) is 31.8 Å². The SMILES string of the molecule is CNCC(=O)c1cc(C(=O)OC)c(C)cc1C. The number of likely N-dealkylation sites (N-methyl/N-ethyl adjacent to an activating group) is 1. The van der Waals surface area contributed by atoms with Crippen molar-refractivity contribution in [2.24, 2.45) is 0 Å². The van der Waals surface area contributed by atoms with Gasteiger partial charge in [0.05, 0.1) is 19.2 Å². The number of ether oxygens (including phenoxy) is 1. The molecule has 92 valence electrons. The van der Waals surface area contributed by atoms with Crippen molar-refractivity contribution in [3.05, 3.63) is 34.4 Å². The fraction of sp³-hybridized carbons (Fsp3) is 0.385. The summed E-state index contributed by atoms with van der Waals surface area (Å²) in [7, 11) is 3.04. The van der Waals surface area contributed by atoms with E-state index in [1.807, 2.05) is 19.9 Å². The van der Waals surface area contributed by atoms with Gasteiger partial charge in [-0.15, -0.1) is 0 Å². The molecule has 4 heteroatoms. The van der Waals surface area contributed by atoms with Gasteiger partial charge in [0.25, 0.3) is 0 Å². The molecule has 0 aliphatic heterocycles. The molecule has 4 nitrogen and oxygen atoms in total. The third-order valence-electron chi connectivity index (χ3n) is 2.61. The van der Waals surface area contributed by atoms with Crippen LogP contribution in [0.25, 0.3) is 0 Å². The van der Waals surface area contributed by atoms with Crippen LogP contribution in [-0.2, 0) is 4.74 Å². The van der Waals surface area contributed by atoms with Crippen LogP contribution in [0.15, 0.2) is 12.1 Å². The molecule has 0 bridgehead atoms. The van der Waals surface area contributed by atoms with Crippen LogP contribution in [-0.4, -0.2) is 32.5 Å². The summed E-state index contributed by atoms with van der Waals surface area (Å²) in [5.41, 5.74) is 2.69. The van der Waals surface area contributed by atoms with E-state index in [0.717, 1.165) is 11.1 Å². The standard InChI is InChI=1S/C13H17NO3/c1-8-5-9(2)11(13(16)17-4)6-10(8)12(15)7-14-3/h5-6,14H,7H2,1-4H3. The summed E-state index contributed by atoms with van der Waals surface area (Å²) >= 11 is 0. The van der Waals surface area contributed by atoms with Gasteiger partial charge in [0.1, 0.15) is 0 Å². The predicted molar refractivity (Wildman–Crippen MR) is 65.5 cm³/mol. The zero-order chi connectivity index (χ0) is 13.0. The number of benzene rings is 1. The third kappa shape index (κ3) is 2.91. The monoisotopic (exact) mass is 235 g/mol. The summed E-state index contributed by atoms with van der Waals surface area (Å²) in [6, 6.07) is 3.44. The van der Waals surface area contributed by atoms with Crippen LogP contribution in [0.2, 0.25) is 0 Å². The molecular weight excluding hydrogens is 218 g/mol. The van der Waals surface area contributed by atoms with E-state index < -0.39 is 5.97 Å². The van der Waals surface area contributed by atoms with Gasteiger partial charge in [-0.2, -0.15) is 0 Å². The van der Waals surface area contributed by atoms with E-state index in [1.54, 1.807) is 13.1 Å². The van der Waals surface area contributed by atoms with Gasteiger partial charge >= 0.3 is 5.97 Å². The van der Waals surface area contributed by atoms with Gasteiger partial charge in [-0.05, 0) is 38.1 Å². The van der Waals surface area contributed by atoms with Crippen molar-refractivity contribution < 1.29 is 14.3 Å². The number of Topliss-reactive ketones (excluding diaryl/α,β-unsaturated/α-hetero) is 1. The van der Waals surface area contributed by atoms with Gasteiger partial charge in [0, 0.05) is 5.56 Å². The summed E-state index contributed by atoms with van der Waals surface area (Å²) in [6.07, 6.45) is 0. The highest BCUT2D eigenvalue weighted by Gasteiger charge is 2.15. The van der Waals surface area contributed by atoms with E-state index in [4.69, 9.17) is 0 Å². The summed E-state index contributed by atoms with van der Waals surface area (Å²) in [6.45, 7) is 3.94. The van der Waals surface area contributed by atoms with Crippen LogP contribution in [0, 0.1) is 13.8 Å². The van der Waals surface area contributed by atoms with Crippen molar-refractivity contribution in [1.82, 2.24) is 5.32 Å². The molecule has 0 aromatic heterocycles. The first-order valence-electron chi connectivity index (χ1n) is 5.38. The number of hydrogen-bond acceptors (Lipinski definition) is 4. The fourth-order valence-corrected chi connectivity index (χ4v) is 1.74. The highest BCUT2D eigenvalue weighted by atomic mass is 16.5. The lowest BCUT2D eigenvalue weighted by Crippen LogP contribution is -2.20. The largest absolute Gasteiger partial charge is 0.465 e. The number of hydrogen-bond donors (Lipinski definition) is 1. The number of ketones is 1. The second-order valence-corrected chi connectivity index (χ2v) is 3.93. The zero-order valence-corrected chi connectivity index (χ0v) is 10.6. The number of carbonyl (C=O) groups excluding carboxylic acids is 2. The van der Waals surface area contributed by atoms with Gasteiger partial charge < -0.3 is 10.1 Å². The molecule has 1 aromatic rings. The minimum atomic E-state index is -0.416. The molecule has 0 aliphatic carbocycles. The molecule has 0 saturated heterocycles. The Hall–Kier alpha value is -1.68. The Labute approximate surface area is 101 Å². The second-order valence-electron chi connectivity index (χ2n) is 3.93. The quantitative estimate of drug-likeness (QED) is 0.634. The lowest BCUT2D eigenvalue weighted by molar-refractivity contribution is 0.0600. The number of esters is 1. The molecule has 0 aliphatic rings. The normalized spacial score (nSPS) is 10.1. The van der Waals surface area contributed by atoms with Gasteiger partial charge in [0.15, 0.2) is 5.78 Å². The molecule has 0 atom stereocenters. The number of aryl methyl sites for hydroxylation is 2. The Morgan fingerprint density at radius 2 is 1.76 bits per heavy atom. The molecule has 0 saturated carbocycles. The third-order valence-corrected chi connectivity index (χ3v) is 2.61. The Bertz CT molecular complexity index is 452. The van der Waals surface area contributed by atoms with Crippen LogP contribution in [0.4, 0.5) is 0 Å². The number of rotatable bonds is 4. The molecule has 0 unspecified atom stereocenters. The molecule has 0 amide bonds. The zero-order valence-electron chi connectivity index (χ0n) is 10.6. The maximum absolute atomic E-state index is 11.8. The van der Waals surface area contributed by atoms with Crippen molar-refractivity contribution >= 4 is 11.8 Å². The Kier molecular flexibility index (Phi) is 4.40. The maximum atomic E-state index is 11.8. The van der Waals surface area contributed by atoms with E-state index in [-0.39, 0.29) is 12.3 Å². The van der Waals surface area contributed by atoms with E-state index in [0.29, 0.717) is 11.1 Å². The lowest BCUT2D eigenvalue weighted by Gasteiger charge is -2.10. The van der Waals surface area contributed by atoms with Gasteiger partial charge in [-0.25, -0.2) is 4.79 Å². The predicted octanol–water partition coefficient (Wildman–Crippen LogP) is 1.49. The van der Waals surface area contributed by atoms with Crippen molar-refractivity contribution in [1.29, 1.82) is 0 Å². The van der Waals surface area contributed by atoms with Crippen molar-refractivity contribution in [2.45, 2.75) is 13.8 Å². The van der Waals surface area contributed by atoms with Crippen LogP contribution >= 0.6 is 0 Å². The molecule has 0 radical (unpaired) electrons. The number of methoxy groups -OCH3 is 1. The minimum Gasteiger partial charge on any atom is -0.465 e. The van der Waals surface area contributed by atoms with E-state index in [9.17, 15) is 9.59 Å². The molecule has 0 heterocycles. The minimum absolute atomic E-state index is 0.0323. The van der Waals surface area contributed by atoms with Crippen LogP contribution in [0.3, 0.4) is 0 Å². The smallest absolute Gasteiger partial charge is 0.338 e. The molecule has 0 spiro atoms. The average molecular weight is 235 g/mol. The molecule has 0 fully saturated rings. The summed E-state index contributed by atoms with van der Waals surface area (Å²) in [5.74, 6) is -0.448. The second kappa shape index (κ2) is 5.59. The van der Waals surface area contributed by atoms with Gasteiger partial charge in [0.2, 0.25) is 0 Å². The highest BCUT2D eigenvalue weighted by molar-refractivity contribution is 6.02. The summed E-state index contributed by atoms with van der Waals surface area (Å²) in [5, 5.41) is 2.80. The van der Waals surface area contributed by atoms with Crippen molar-refractivity contribution in [3.8, 4) is 0 Å². The maximum Gasteiger partial charge on any atom is 0.338 e. The molecule has 1 N–H and O–H groups in total. The van der Waals surface area contributed by atoms with Crippen LogP contribution < -0.4 is 5.32 Å². The topological polar surface area (TPSA) is 55.4 Å². The van der Waals surface area contributed by atoms with Gasteiger partial charge in [-0.1, -0.05) is 6.07 Å². The first-order chi connectivity index (χ1) is 8.01. The molecule has 1 aromatic carbocycles. The number of nitrogens with one attached hydrogen (secondary N) is 1. The van der Waals surface area contributed by atoms with Crippen molar-refractivity contribution in [2.75, 3.05) is 20.7 Å². The Morgan fingerprint density at radius 3 is 2.29 bits per heavy atom. The van der Waals surface area contributed by atoms with Gasteiger partial charge in [-0.3, -0.25) is 4.79 Å². The summed E-state index contributed by atoms with van der Waals surface area (Å²) in [4.78, 5) is 23.4. The number of carbonyl (C=O) groups is 2. The van der Waals surface area contributed by atoms with Crippen molar-refractivity contribution in [3.63, 3.8) is 0 Å². The van der Waals surface area contributed by atoms with E-state index >= 15 is 0 Å².